The van der Waals surface area contributed by atoms with Gasteiger partial charge in [0.25, 0.3) is 0 Å². The summed E-state index contributed by atoms with van der Waals surface area (Å²) in [5, 5.41) is 5.48. The van der Waals surface area contributed by atoms with Crippen LogP contribution in [0, 0.1) is 30.1 Å². The molecule has 4 saturated carbocycles. The van der Waals surface area contributed by atoms with Crippen molar-refractivity contribution in [2.45, 2.75) is 51.9 Å². The second-order valence-corrected chi connectivity index (χ2v) is 9.89. The Morgan fingerprint density at radius 3 is 2.33 bits per heavy atom. The molecule has 5 rings (SSSR count). The molecular weight excluding hydrogens is 380 g/mol. The fourth-order valence-electron chi connectivity index (χ4n) is 6.31. The standard InChI is InChI=1S/C23H32N4O3/c1-15-3-4-24-19(5-15)26-21(29)14-27(2)22(30)13-25-20(28)12-23-9-16-6-17(10-23)8-18(7-16)11-23/h3-5,16-18H,6-14H2,1-2H3,(H,25,28)(H,24,26,29). The molecule has 3 amide bonds. The lowest BCUT2D eigenvalue weighted by atomic mass is 9.49. The van der Waals surface area contributed by atoms with Gasteiger partial charge in [0, 0.05) is 19.7 Å². The predicted molar refractivity (Wildman–Crippen MR) is 113 cm³/mol. The van der Waals surface area contributed by atoms with Crippen LogP contribution in [0.3, 0.4) is 0 Å². The molecule has 2 N–H and O–H groups in total. The summed E-state index contributed by atoms with van der Waals surface area (Å²) in [6.45, 7) is 1.76. The number of carbonyl (C=O) groups is 3. The molecule has 7 heteroatoms. The summed E-state index contributed by atoms with van der Waals surface area (Å²) in [6.07, 6.45) is 9.74. The first kappa shape index (κ1) is 20.8. The molecule has 4 fully saturated rings. The third kappa shape index (κ3) is 4.82. The molecule has 0 aromatic carbocycles. The van der Waals surface area contributed by atoms with E-state index < -0.39 is 0 Å². The van der Waals surface area contributed by atoms with Crippen LogP contribution in [0.15, 0.2) is 18.3 Å². The zero-order valence-electron chi connectivity index (χ0n) is 17.9. The molecule has 0 unspecified atom stereocenters. The fourth-order valence-corrected chi connectivity index (χ4v) is 6.31. The lowest BCUT2D eigenvalue weighted by molar-refractivity contribution is -0.136. The molecule has 0 saturated heterocycles. The van der Waals surface area contributed by atoms with Gasteiger partial charge >= 0.3 is 0 Å². The summed E-state index contributed by atoms with van der Waals surface area (Å²) < 4.78 is 0. The average Bonchev–Trinajstić information content (AvgIpc) is 2.64. The number of pyridine rings is 1. The Balaban J connectivity index is 1.21. The van der Waals surface area contributed by atoms with Crippen molar-refractivity contribution in [1.82, 2.24) is 15.2 Å². The van der Waals surface area contributed by atoms with Gasteiger partial charge in [-0.3, -0.25) is 14.4 Å². The van der Waals surface area contributed by atoms with Gasteiger partial charge in [0.05, 0.1) is 13.1 Å². The lowest BCUT2D eigenvalue weighted by Gasteiger charge is -2.56. The molecular formula is C23H32N4O3. The number of anilines is 1. The predicted octanol–water partition coefficient (Wildman–Crippen LogP) is 2.51. The van der Waals surface area contributed by atoms with E-state index in [1.807, 2.05) is 13.0 Å². The van der Waals surface area contributed by atoms with Crippen LogP contribution in [0.25, 0.3) is 0 Å². The molecule has 162 valence electrons. The quantitative estimate of drug-likeness (QED) is 0.720. The average molecular weight is 413 g/mol. The van der Waals surface area contributed by atoms with E-state index >= 15 is 0 Å². The highest BCUT2D eigenvalue weighted by Crippen LogP contribution is 2.61. The number of aromatic nitrogens is 1. The van der Waals surface area contributed by atoms with Crippen molar-refractivity contribution in [3.8, 4) is 0 Å². The van der Waals surface area contributed by atoms with Gasteiger partial charge in [-0.1, -0.05) is 0 Å². The summed E-state index contributed by atoms with van der Waals surface area (Å²) >= 11 is 0. The minimum Gasteiger partial charge on any atom is -0.347 e. The number of carbonyl (C=O) groups excluding carboxylic acids is 3. The topological polar surface area (TPSA) is 91.4 Å². The first-order chi connectivity index (χ1) is 14.3. The Labute approximate surface area is 178 Å². The summed E-state index contributed by atoms with van der Waals surface area (Å²) in [5.41, 5.74) is 1.15. The van der Waals surface area contributed by atoms with Crippen LogP contribution in [0.5, 0.6) is 0 Å². The highest BCUT2D eigenvalue weighted by molar-refractivity contribution is 5.94. The first-order valence-electron chi connectivity index (χ1n) is 11.0. The molecule has 0 radical (unpaired) electrons. The maximum absolute atomic E-state index is 12.6. The summed E-state index contributed by atoms with van der Waals surface area (Å²) in [5.74, 6) is 2.25. The minimum atomic E-state index is -0.316. The number of aryl methyl sites for hydroxylation is 1. The smallest absolute Gasteiger partial charge is 0.245 e. The Morgan fingerprint density at radius 1 is 1.10 bits per heavy atom. The maximum Gasteiger partial charge on any atom is 0.245 e. The van der Waals surface area contributed by atoms with Crippen LogP contribution < -0.4 is 10.6 Å². The van der Waals surface area contributed by atoms with Crippen molar-refractivity contribution in [3.05, 3.63) is 23.9 Å². The number of nitrogens with zero attached hydrogens (tertiary/aromatic N) is 2. The van der Waals surface area contributed by atoms with E-state index in [1.165, 1.54) is 43.4 Å². The normalized spacial score (nSPS) is 28.8. The van der Waals surface area contributed by atoms with E-state index in [0.717, 1.165) is 23.3 Å². The van der Waals surface area contributed by atoms with Crippen LogP contribution in [0.4, 0.5) is 5.82 Å². The van der Waals surface area contributed by atoms with Gasteiger partial charge in [0.1, 0.15) is 5.82 Å². The highest BCUT2D eigenvalue weighted by Gasteiger charge is 2.51. The number of likely N-dealkylation sites (N-methyl/N-ethyl adjacent to an activating group) is 1. The Kier molecular flexibility index (Phi) is 5.80. The van der Waals surface area contributed by atoms with Crippen LogP contribution in [0.1, 0.15) is 50.5 Å². The van der Waals surface area contributed by atoms with Crippen molar-refractivity contribution in [2.24, 2.45) is 23.2 Å². The zero-order valence-corrected chi connectivity index (χ0v) is 17.9. The molecule has 0 aliphatic heterocycles. The Bertz CT molecular complexity index is 802. The lowest BCUT2D eigenvalue weighted by Crippen LogP contribution is -2.48. The van der Waals surface area contributed by atoms with Gasteiger partial charge in [-0.25, -0.2) is 4.98 Å². The second kappa shape index (κ2) is 8.36. The first-order valence-corrected chi connectivity index (χ1v) is 11.0. The van der Waals surface area contributed by atoms with Gasteiger partial charge < -0.3 is 15.5 Å². The van der Waals surface area contributed by atoms with Crippen LogP contribution in [0.2, 0.25) is 0 Å². The van der Waals surface area contributed by atoms with Crippen LogP contribution in [-0.2, 0) is 14.4 Å². The Morgan fingerprint density at radius 2 is 1.73 bits per heavy atom. The maximum atomic E-state index is 12.6. The van der Waals surface area contributed by atoms with Gasteiger partial charge in [-0.2, -0.15) is 0 Å². The molecule has 1 heterocycles. The van der Waals surface area contributed by atoms with Crippen LogP contribution >= 0.6 is 0 Å². The molecule has 1 aromatic heterocycles. The fraction of sp³-hybridized carbons (Fsp3) is 0.652. The molecule has 30 heavy (non-hydrogen) atoms. The van der Waals surface area contributed by atoms with Crippen molar-refractivity contribution in [3.63, 3.8) is 0 Å². The largest absolute Gasteiger partial charge is 0.347 e. The number of rotatable bonds is 7. The van der Waals surface area contributed by atoms with Crippen molar-refractivity contribution in [2.75, 3.05) is 25.5 Å². The molecule has 4 aliphatic carbocycles. The second-order valence-electron chi connectivity index (χ2n) is 9.89. The van der Waals surface area contributed by atoms with Crippen molar-refractivity contribution in [1.29, 1.82) is 0 Å². The third-order valence-electron chi connectivity index (χ3n) is 7.13. The van der Waals surface area contributed by atoms with Gasteiger partial charge in [-0.05, 0) is 86.3 Å². The summed E-state index contributed by atoms with van der Waals surface area (Å²) in [6, 6.07) is 3.61. The van der Waals surface area contributed by atoms with E-state index in [9.17, 15) is 14.4 Å². The summed E-state index contributed by atoms with van der Waals surface area (Å²) in [4.78, 5) is 42.5. The molecule has 0 atom stereocenters. The SMILES string of the molecule is Cc1ccnc(NC(=O)CN(C)C(=O)CNC(=O)CC23CC4CC(CC(C4)C2)C3)c1. The van der Waals surface area contributed by atoms with Gasteiger partial charge in [0.2, 0.25) is 17.7 Å². The van der Waals surface area contributed by atoms with E-state index in [1.54, 1.807) is 19.3 Å². The number of hydrogen-bond donors (Lipinski definition) is 2. The van der Waals surface area contributed by atoms with E-state index in [4.69, 9.17) is 0 Å². The summed E-state index contributed by atoms with van der Waals surface area (Å²) in [7, 11) is 1.57. The van der Waals surface area contributed by atoms with Crippen molar-refractivity contribution < 1.29 is 14.4 Å². The molecule has 1 aromatic rings. The monoisotopic (exact) mass is 412 g/mol. The molecule has 0 spiro atoms. The minimum absolute atomic E-state index is 0.0351. The Hall–Kier alpha value is -2.44. The molecule has 7 nitrogen and oxygen atoms in total. The van der Waals surface area contributed by atoms with E-state index in [2.05, 4.69) is 15.6 Å². The zero-order chi connectivity index (χ0) is 21.3. The third-order valence-corrected chi connectivity index (χ3v) is 7.13. The molecule has 4 bridgehead atoms. The molecule has 4 aliphatic rings. The van der Waals surface area contributed by atoms with Crippen molar-refractivity contribution >= 4 is 23.5 Å². The van der Waals surface area contributed by atoms with E-state index in [0.29, 0.717) is 12.2 Å². The van der Waals surface area contributed by atoms with E-state index in [-0.39, 0.29) is 36.2 Å². The van der Waals surface area contributed by atoms with Gasteiger partial charge in [0.15, 0.2) is 0 Å². The number of nitrogens with one attached hydrogen (secondary N) is 2. The highest BCUT2D eigenvalue weighted by atomic mass is 16.2. The van der Waals surface area contributed by atoms with Crippen LogP contribution in [-0.4, -0.2) is 47.7 Å². The van der Waals surface area contributed by atoms with Gasteiger partial charge in [-0.15, -0.1) is 0 Å². The number of hydrogen-bond acceptors (Lipinski definition) is 4. The number of amides is 3.